The molecule has 1 amide bonds. The van der Waals surface area contributed by atoms with Gasteiger partial charge in [0.2, 0.25) is 0 Å². The van der Waals surface area contributed by atoms with Gasteiger partial charge in [-0.3, -0.25) is 4.79 Å². The van der Waals surface area contributed by atoms with Crippen molar-refractivity contribution in [2.75, 3.05) is 6.61 Å². The predicted octanol–water partition coefficient (Wildman–Crippen LogP) is 1.51. The molecule has 0 aliphatic rings. The lowest BCUT2D eigenvalue weighted by molar-refractivity contribution is 0.0930. The molecule has 2 heterocycles. The number of hydrogen-bond donors (Lipinski definition) is 2. The summed E-state index contributed by atoms with van der Waals surface area (Å²) in [6.07, 6.45) is 3.08. The summed E-state index contributed by atoms with van der Waals surface area (Å²) in [7, 11) is 0. The smallest absolute Gasteiger partial charge is 0.271 e. The summed E-state index contributed by atoms with van der Waals surface area (Å²) < 4.78 is 5.23. The lowest BCUT2D eigenvalue weighted by atomic mass is 10.1. The van der Waals surface area contributed by atoms with Crippen LogP contribution in [0.5, 0.6) is 0 Å². The first kappa shape index (κ1) is 13.8. The van der Waals surface area contributed by atoms with Crippen molar-refractivity contribution in [1.29, 1.82) is 0 Å². The number of aliphatic hydroxyl groups excluding tert-OH is 1. The summed E-state index contributed by atoms with van der Waals surface area (Å²) in [4.78, 5) is 16.2. The monoisotopic (exact) mass is 270 g/mol. The fraction of sp³-hybridized carbons (Fsp3) is 0.200. The Morgan fingerprint density at radius 1 is 1.50 bits per heavy atom. The van der Waals surface area contributed by atoms with E-state index >= 15 is 0 Å². The number of rotatable bonds is 3. The SMILES string of the molecule is CC(NC(=O)c1ncccc1C#CCO)c1ccco1. The van der Waals surface area contributed by atoms with Gasteiger partial charge in [-0.1, -0.05) is 11.8 Å². The zero-order valence-corrected chi connectivity index (χ0v) is 11.0. The zero-order valence-electron chi connectivity index (χ0n) is 11.0. The molecule has 0 aromatic carbocycles. The van der Waals surface area contributed by atoms with E-state index in [1.807, 2.05) is 6.92 Å². The van der Waals surface area contributed by atoms with E-state index in [1.54, 1.807) is 30.5 Å². The maximum atomic E-state index is 12.2. The van der Waals surface area contributed by atoms with Crippen molar-refractivity contribution < 1.29 is 14.3 Å². The summed E-state index contributed by atoms with van der Waals surface area (Å²) in [5, 5.41) is 11.5. The van der Waals surface area contributed by atoms with Crippen molar-refractivity contribution in [2.45, 2.75) is 13.0 Å². The van der Waals surface area contributed by atoms with Crippen LogP contribution in [0.2, 0.25) is 0 Å². The molecule has 2 aromatic heterocycles. The van der Waals surface area contributed by atoms with Crippen LogP contribution in [-0.2, 0) is 0 Å². The highest BCUT2D eigenvalue weighted by Gasteiger charge is 2.16. The minimum Gasteiger partial charge on any atom is -0.467 e. The molecule has 0 aliphatic carbocycles. The molecule has 0 saturated carbocycles. The Hall–Kier alpha value is -2.58. The maximum absolute atomic E-state index is 12.2. The Kier molecular flexibility index (Phi) is 4.53. The van der Waals surface area contributed by atoms with Gasteiger partial charge in [0.25, 0.3) is 5.91 Å². The maximum Gasteiger partial charge on any atom is 0.271 e. The van der Waals surface area contributed by atoms with Crippen LogP contribution in [0.15, 0.2) is 41.1 Å². The van der Waals surface area contributed by atoms with E-state index in [4.69, 9.17) is 9.52 Å². The fourth-order valence-corrected chi connectivity index (χ4v) is 1.70. The number of nitrogens with one attached hydrogen (secondary N) is 1. The first-order chi connectivity index (χ1) is 9.72. The highest BCUT2D eigenvalue weighted by molar-refractivity contribution is 5.94. The van der Waals surface area contributed by atoms with Gasteiger partial charge in [0.05, 0.1) is 17.9 Å². The number of carbonyl (C=O) groups is 1. The predicted molar refractivity (Wildman–Crippen MR) is 72.8 cm³/mol. The number of hydrogen-bond acceptors (Lipinski definition) is 4. The van der Waals surface area contributed by atoms with Crippen LogP contribution in [0, 0.1) is 11.8 Å². The van der Waals surface area contributed by atoms with Gasteiger partial charge in [0.15, 0.2) is 0 Å². The van der Waals surface area contributed by atoms with Crippen LogP contribution in [0.25, 0.3) is 0 Å². The van der Waals surface area contributed by atoms with Gasteiger partial charge in [-0.25, -0.2) is 4.98 Å². The molecule has 2 N–H and O–H groups in total. The standard InChI is InChI=1S/C15H14N2O3/c1-11(13-7-4-10-20-13)17-15(19)14-12(6-3-9-18)5-2-8-16-14/h2,4-5,7-8,10-11,18H,9H2,1H3,(H,17,19). The van der Waals surface area contributed by atoms with Crippen LogP contribution < -0.4 is 5.32 Å². The third-order valence-corrected chi connectivity index (χ3v) is 2.64. The van der Waals surface area contributed by atoms with Gasteiger partial charge in [0.1, 0.15) is 18.1 Å². The number of pyridine rings is 1. The molecule has 5 heteroatoms. The van der Waals surface area contributed by atoms with E-state index < -0.39 is 0 Å². The van der Waals surface area contributed by atoms with E-state index in [1.165, 1.54) is 6.20 Å². The molecule has 1 unspecified atom stereocenters. The molecule has 0 fully saturated rings. The quantitative estimate of drug-likeness (QED) is 0.829. The average Bonchev–Trinajstić information content (AvgIpc) is 2.99. The minimum atomic E-state index is -0.336. The second-order valence-corrected chi connectivity index (χ2v) is 4.07. The summed E-state index contributed by atoms with van der Waals surface area (Å²) >= 11 is 0. The van der Waals surface area contributed by atoms with Crippen molar-refractivity contribution in [3.8, 4) is 11.8 Å². The minimum absolute atomic E-state index is 0.229. The molecule has 0 aliphatic heterocycles. The summed E-state index contributed by atoms with van der Waals surface area (Å²) in [6, 6.07) is 6.65. The van der Waals surface area contributed by atoms with Crippen LogP contribution >= 0.6 is 0 Å². The van der Waals surface area contributed by atoms with Crippen molar-refractivity contribution in [1.82, 2.24) is 10.3 Å². The average molecular weight is 270 g/mol. The van der Waals surface area contributed by atoms with E-state index in [2.05, 4.69) is 22.1 Å². The fourth-order valence-electron chi connectivity index (χ4n) is 1.70. The molecule has 5 nitrogen and oxygen atoms in total. The van der Waals surface area contributed by atoms with E-state index in [-0.39, 0.29) is 24.2 Å². The van der Waals surface area contributed by atoms with Crippen molar-refractivity contribution in [3.05, 3.63) is 53.7 Å². The van der Waals surface area contributed by atoms with Gasteiger partial charge in [-0.05, 0) is 31.2 Å². The van der Waals surface area contributed by atoms with E-state index in [9.17, 15) is 4.79 Å². The molecule has 2 rings (SSSR count). The van der Waals surface area contributed by atoms with Crippen LogP contribution in [0.4, 0.5) is 0 Å². The number of furan rings is 1. The van der Waals surface area contributed by atoms with Crippen molar-refractivity contribution >= 4 is 5.91 Å². The largest absolute Gasteiger partial charge is 0.467 e. The van der Waals surface area contributed by atoms with Crippen molar-refractivity contribution in [2.24, 2.45) is 0 Å². The first-order valence-electron chi connectivity index (χ1n) is 6.11. The second kappa shape index (κ2) is 6.55. The molecule has 1 atom stereocenters. The lowest BCUT2D eigenvalue weighted by Crippen LogP contribution is -2.27. The van der Waals surface area contributed by atoms with E-state index in [0.29, 0.717) is 11.3 Å². The number of amides is 1. The first-order valence-corrected chi connectivity index (χ1v) is 6.11. The molecular formula is C15H14N2O3. The normalized spacial score (nSPS) is 11.3. The zero-order chi connectivity index (χ0) is 14.4. The topological polar surface area (TPSA) is 75.4 Å². The van der Waals surface area contributed by atoms with Crippen molar-refractivity contribution in [3.63, 3.8) is 0 Å². The Bertz CT molecular complexity index is 639. The highest BCUT2D eigenvalue weighted by atomic mass is 16.3. The van der Waals surface area contributed by atoms with E-state index in [0.717, 1.165) is 0 Å². The Morgan fingerprint density at radius 3 is 3.05 bits per heavy atom. The molecule has 102 valence electrons. The number of carbonyl (C=O) groups excluding carboxylic acids is 1. The molecule has 0 bridgehead atoms. The van der Waals surface area contributed by atoms with Crippen LogP contribution in [-0.4, -0.2) is 22.6 Å². The summed E-state index contributed by atoms with van der Waals surface area (Å²) in [5.74, 6) is 5.54. The Labute approximate surface area is 116 Å². The van der Waals surface area contributed by atoms with Crippen LogP contribution in [0.3, 0.4) is 0 Å². The summed E-state index contributed by atoms with van der Waals surface area (Å²) in [5.41, 5.74) is 0.706. The molecule has 20 heavy (non-hydrogen) atoms. The number of nitrogens with zero attached hydrogens (tertiary/aromatic N) is 1. The van der Waals surface area contributed by atoms with Gasteiger partial charge < -0.3 is 14.8 Å². The lowest BCUT2D eigenvalue weighted by Gasteiger charge is -2.11. The van der Waals surface area contributed by atoms with Gasteiger partial charge >= 0.3 is 0 Å². The Balaban J connectivity index is 2.17. The molecule has 0 saturated heterocycles. The highest BCUT2D eigenvalue weighted by Crippen LogP contribution is 2.13. The molecule has 2 aromatic rings. The van der Waals surface area contributed by atoms with Gasteiger partial charge in [-0.15, -0.1) is 0 Å². The molecule has 0 spiro atoms. The third-order valence-electron chi connectivity index (χ3n) is 2.64. The molecule has 0 radical (unpaired) electrons. The summed E-state index contributed by atoms with van der Waals surface area (Å²) in [6.45, 7) is 1.55. The molecular weight excluding hydrogens is 256 g/mol. The number of aliphatic hydroxyl groups is 1. The van der Waals surface area contributed by atoms with Gasteiger partial charge in [-0.2, -0.15) is 0 Å². The van der Waals surface area contributed by atoms with Crippen LogP contribution in [0.1, 0.15) is 34.8 Å². The number of aromatic nitrogens is 1. The Morgan fingerprint density at radius 2 is 2.35 bits per heavy atom. The third kappa shape index (κ3) is 3.25. The second-order valence-electron chi connectivity index (χ2n) is 4.07. The van der Waals surface area contributed by atoms with Gasteiger partial charge in [0, 0.05) is 6.20 Å².